The van der Waals surface area contributed by atoms with Crippen LogP contribution in [-0.2, 0) is 9.53 Å². The number of para-hydroxylation sites is 1. The average Bonchev–Trinajstić information content (AvgIpc) is 2.66. The smallest absolute Gasteiger partial charge is 0.265 e. The minimum absolute atomic E-state index is 0.130. The quantitative estimate of drug-likeness (QED) is 0.812. The number of amides is 2. The van der Waals surface area contributed by atoms with E-state index in [4.69, 9.17) is 4.74 Å². The van der Waals surface area contributed by atoms with Gasteiger partial charge in [-0.2, -0.15) is 0 Å². The summed E-state index contributed by atoms with van der Waals surface area (Å²) >= 11 is 1.48. The summed E-state index contributed by atoms with van der Waals surface area (Å²) in [6.45, 7) is 6.87. The molecular weight excluding hydrogens is 360 g/mol. The first-order valence-electron chi connectivity index (χ1n) is 9.65. The Labute approximate surface area is 165 Å². The summed E-state index contributed by atoms with van der Waals surface area (Å²) in [5.74, 6) is 2.09. The predicted molar refractivity (Wildman–Crippen MR) is 110 cm³/mol. The lowest BCUT2D eigenvalue weighted by Crippen LogP contribution is -2.43. The number of thioether (sulfide) groups is 1. The summed E-state index contributed by atoms with van der Waals surface area (Å²) in [5.41, 5.74) is 1.03. The van der Waals surface area contributed by atoms with Crippen LogP contribution in [0.4, 0.5) is 5.69 Å². The van der Waals surface area contributed by atoms with Crippen molar-refractivity contribution in [2.24, 2.45) is 11.8 Å². The van der Waals surface area contributed by atoms with E-state index in [1.54, 1.807) is 19.1 Å². The Kier molecular flexibility index (Phi) is 6.47. The maximum Gasteiger partial charge on any atom is 0.265 e. The molecule has 146 valence electrons. The van der Waals surface area contributed by atoms with Crippen molar-refractivity contribution in [3.05, 3.63) is 40.5 Å². The number of nitrogens with one attached hydrogen (secondary N) is 2. The molecule has 1 saturated carbocycles. The highest BCUT2D eigenvalue weighted by Gasteiger charge is 2.29. The fourth-order valence-corrected chi connectivity index (χ4v) is 4.55. The Hall–Kier alpha value is -1.95. The van der Waals surface area contributed by atoms with Gasteiger partial charge in [0.1, 0.15) is 10.7 Å². The first-order chi connectivity index (χ1) is 13.0. The highest BCUT2D eigenvalue weighted by Crippen LogP contribution is 2.30. The second kappa shape index (κ2) is 8.83. The molecule has 1 heterocycles. The maximum atomic E-state index is 12.9. The lowest BCUT2D eigenvalue weighted by molar-refractivity contribution is -0.112. The zero-order valence-electron chi connectivity index (χ0n) is 16.2. The molecular formula is C21H28N2O3S. The Bertz CT molecular complexity index is 747. The molecule has 0 spiro atoms. The monoisotopic (exact) mass is 388 g/mol. The standard InChI is InChI=1S/C21H28N2O3S/c1-13-7-6-10-17(14(13)2)22-20(24)16-8-4-5-9-18(16)23-21(25)19-15(3)26-11-12-27-19/h4-5,8-9,13-14,17H,6-7,10-12H2,1-3H3,(H,22,24)(H,23,25)/t13-,14+,17-/m1/s1. The largest absolute Gasteiger partial charge is 0.496 e. The number of benzene rings is 1. The molecule has 2 N–H and O–H groups in total. The molecule has 3 atom stereocenters. The lowest BCUT2D eigenvalue weighted by Gasteiger charge is -2.34. The van der Waals surface area contributed by atoms with Crippen molar-refractivity contribution in [3.63, 3.8) is 0 Å². The van der Waals surface area contributed by atoms with Gasteiger partial charge in [0.15, 0.2) is 0 Å². The molecule has 5 nitrogen and oxygen atoms in total. The van der Waals surface area contributed by atoms with Gasteiger partial charge < -0.3 is 15.4 Å². The topological polar surface area (TPSA) is 67.4 Å². The molecule has 0 radical (unpaired) electrons. The molecule has 1 aromatic carbocycles. The van der Waals surface area contributed by atoms with Crippen LogP contribution in [0.1, 0.15) is 50.4 Å². The number of ether oxygens (including phenoxy) is 1. The van der Waals surface area contributed by atoms with Crippen molar-refractivity contribution in [1.82, 2.24) is 5.32 Å². The van der Waals surface area contributed by atoms with E-state index in [2.05, 4.69) is 24.5 Å². The van der Waals surface area contributed by atoms with Crippen molar-refractivity contribution in [1.29, 1.82) is 0 Å². The van der Waals surface area contributed by atoms with Gasteiger partial charge in [-0.3, -0.25) is 9.59 Å². The summed E-state index contributed by atoms with van der Waals surface area (Å²) in [6, 6.07) is 7.35. The normalized spacial score (nSPS) is 25.5. The van der Waals surface area contributed by atoms with Crippen LogP contribution in [0.5, 0.6) is 0 Å². The number of carbonyl (C=O) groups is 2. The molecule has 1 aliphatic heterocycles. The minimum Gasteiger partial charge on any atom is -0.496 e. The van der Waals surface area contributed by atoms with Crippen molar-refractivity contribution in [2.45, 2.75) is 46.1 Å². The third-order valence-corrected chi connectivity index (χ3v) is 6.75. The van der Waals surface area contributed by atoms with E-state index in [1.165, 1.54) is 18.2 Å². The summed E-state index contributed by atoms with van der Waals surface area (Å²) in [4.78, 5) is 26.1. The fraction of sp³-hybridized carbons (Fsp3) is 0.524. The Morgan fingerprint density at radius 1 is 1.15 bits per heavy atom. The van der Waals surface area contributed by atoms with E-state index in [-0.39, 0.29) is 17.9 Å². The number of anilines is 1. The van der Waals surface area contributed by atoms with Crippen LogP contribution in [-0.4, -0.2) is 30.2 Å². The molecule has 0 saturated heterocycles. The molecule has 0 unspecified atom stereocenters. The van der Waals surface area contributed by atoms with Gasteiger partial charge in [0.25, 0.3) is 11.8 Å². The molecule has 0 aromatic heterocycles. The molecule has 27 heavy (non-hydrogen) atoms. The van der Waals surface area contributed by atoms with Gasteiger partial charge in [-0.05, 0) is 37.3 Å². The molecule has 1 aliphatic carbocycles. The first-order valence-corrected chi connectivity index (χ1v) is 10.6. The number of allylic oxidation sites excluding steroid dienone is 1. The maximum absolute atomic E-state index is 12.9. The van der Waals surface area contributed by atoms with Gasteiger partial charge in [0, 0.05) is 11.8 Å². The summed E-state index contributed by atoms with van der Waals surface area (Å²) in [7, 11) is 0. The van der Waals surface area contributed by atoms with E-state index >= 15 is 0 Å². The summed E-state index contributed by atoms with van der Waals surface area (Å²) in [6.07, 6.45) is 3.36. The molecule has 6 heteroatoms. The highest BCUT2D eigenvalue weighted by molar-refractivity contribution is 8.04. The molecule has 2 amide bonds. The highest BCUT2D eigenvalue weighted by atomic mass is 32.2. The molecule has 1 fully saturated rings. The third kappa shape index (κ3) is 4.67. The zero-order chi connectivity index (χ0) is 19.4. The summed E-state index contributed by atoms with van der Waals surface area (Å²) < 4.78 is 5.47. The van der Waals surface area contributed by atoms with Crippen LogP contribution in [0.15, 0.2) is 34.9 Å². The predicted octanol–water partition coefficient (Wildman–Crippen LogP) is 4.17. The van der Waals surface area contributed by atoms with E-state index in [1.807, 2.05) is 12.1 Å². The van der Waals surface area contributed by atoms with Crippen molar-refractivity contribution >= 4 is 29.3 Å². The van der Waals surface area contributed by atoms with Crippen molar-refractivity contribution < 1.29 is 14.3 Å². The first kappa shape index (κ1) is 19.8. The van der Waals surface area contributed by atoms with Gasteiger partial charge in [-0.1, -0.05) is 38.8 Å². The van der Waals surface area contributed by atoms with Crippen LogP contribution in [0.3, 0.4) is 0 Å². The van der Waals surface area contributed by atoms with E-state index in [0.29, 0.717) is 40.4 Å². The molecule has 1 aromatic rings. The van der Waals surface area contributed by atoms with E-state index in [0.717, 1.165) is 18.6 Å². The van der Waals surface area contributed by atoms with Crippen molar-refractivity contribution in [2.75, 3.05) is 17.7 Å². The van der Waals surface area contributed by atoms with Crippen LogP contribution in [0.2, 0.25) is 0 Å². The number of carbonyl (C=O) groups excluding carboxylic acids is 2. The van der Waals surface area contributed by atoms with Gasteiger partial charge >= 0.3 is 0 Å². The minimum atomic E-state index is -0.225. The van der Waals surface area contributed by atoms with E-state index in [9.17, 15) is 9.59 Å². The average molecular weight is 389 g/mol. The fourth-order valence-electron chi connectivity index (χ4n) is 3.73. The second-order valence-electron chi connectivity index (χ2n) is 7.43. The molecule has 0 bridgehead atoms. The third-order valence-electron chi connectivity index (χ3n) is 5.62. The SMILES string of the molecule is CC1=C(C(=O)Nc2ccccc2C(=O)N[C@@H]2CCC[C@@H](C)[C@@H]2C)SCCO1. The summed E-state index contributed by atoms with van der Waals surface area (Å²) in [5, 5.41) is 6.08. The Balaban J connectivity index is 1.73. The molecule has 2 aliphatic rings. The number of hydrogen-bond acceptors (Lipinski definition) is 4. The Morgan fingerprint density at radius 2 is 1.93 bits per heavy atom. The van der Waals surface area contributed by atoms with Gasteiger partial charge in [-0.15, -0.1) is 11.8 Å². The van der Waals surface area contributed by atoms with Crippen LogP contribution in [0.25, 0.3) is 0 Å². The van der Waals surface area contributed by atoms with E-state index < -0.39 is 0 Å². The zero-order valence-corrected chi connectivity index (χ0v) is 17.0. The number of hydrogen-bond donors (Lipinski definition) is 2. The Morgan fingerprint density at radius 3 is 2.70 bits per heavy atom. The van der Waals surface area contributed by atoms with Gasteiger partial charge in [0.05, 0.1) is 17.9 Å². The van der Waals surface area contributed by atoms with Crippen LogP contribution < -0.4 is 10.6 Å². The van der Waals surface area contributed by atoms with Crippen LogP contribution >= 0.6 is 11.8 Å². The second-order valence-corrected chi connectivity index (χ2v) is 8.53. The van der Waals surface area contributed by atoms with Gasteiger partial charge in [-0.25, -0.2) is 0 Å². The number of rotatable bonds is 4. The van der Waals surface area contributed by atoms with Crippen molar-refractivity contribution in [3.8, 4) is 0 Å². The van der Waals surface area contributed by atoms with Crippen LogP contribution in [0, 0.1) is 11.8 Å². The lowest BCUT2D eigenvalue weighted by atomic mass is 9.78. The van der Waals surface area contributed by atoms with Gasteiger partial charge in [0.2, 0.25) is 0 Å². The molecule has 3 rings (SSSR count).